The monoisotopic (exact) mass is 286 g/mol. The topological polar surface area (TPSA) is 55.1 Å². The average Bonchev–Trinajstić information content (AvgIpc) is 2.84. The minimum Gasteiger partial charge on any atom is -0.478 e. The summed E-state index contributed by atoms with van der Waals surface area (Å²) in [4.78, 5) is 11.4. The largest absolute Gasteiger partial charge is 0.478 e. The molecule has 4 heteroatoms. The molecule has 112 valence electrons. The fourth-order valence-electron chi connectivity index (χ4n) is 2.30. The summed E-state index contributed by atoms with van der Waals surface area (Å²) in [7, 11) is 0. The zero-order valence-corrected chi connectivity index (χ0v) is 13.0. The van der Waals surface area contributed by atoms with Gasteiger partial charge in [-0.1, -0.05) is 38.1 Å². The molecular formula is C17H22N2O2. The van der Waals surface area contributed by atoms with Gasteiger partial charge in [-0.15, -0.1) is 0 Å². The van der Waals surface area contributed by atoms with Gasteiger partial charge in [0.25, 0.3) is 0 Å². The number of carboxylic acid groups (broad SMARTS) is 1. The molecule has 1 aromatic carbocycles. The van der Waals surface area contributed by atoms with Crippen molar-refractivity contribution in [3.63, 3.8) is 0 Å². The maximum atomic E-state index is 11.4. The SMILES string of the molecule is CC(C)Cc1ccc(-c2nn(C(C)C)cc2C(=O)O)cc1. The van der Waals surface area contributed by atoms with Gasteiger partial charge >= 0.3 is 5.97 Å². The van der Waals surface area contributed by atoms with Gasteiger partial charge in [-0.2, -0.15) is 5.10 Å². The van der Waals surface area contributed by atoms with Crippen LogP contribution in [0.5, 0.6) is 0 Å². The number of benzene rings is 1. The van der Waals surface area contributed by atoms with E-state index in [1.54, 1.807) is 10.9 Å². The molecule has 2 rings (SSSR count). The summed E-state index contributed by atoms with van der Waals surface area (Å²) in [5.74, 6) is -0.339. The first-order valence-electron chi connectivity index (χ1n) is 7.30. The van der Waals surface area contributed by atoms with E-state index in [0.717, 1.165) is 12.0 Å². The van der Waals surface area contributed by atoms with E-state index >= 15 is 0 Å². The molecule has 1 heterocycles. The molecule has 0 aliphatic heterocycles. The number of carboxylic acids is 1. The Hall–Kier alpha value is -2.10. The van der Waals surface area contributed by atoms with Crippen molar-refractivity contribution in [2.24, 2.45) is 5.92 Å². The summed E-state index contributed by atoms with van der Waals surface area (Å²) in [5.41, 5.74) is 2.89. The van der Waals surface area contributed by atoms with Crippen molar-refractivity contribution in [2.45, 2.75) is 40.2 Å². The minimum atomic E-state index is -0.942. The second kappa shape index (κ2) is 6.12. The number of hydrogen-bond acceptors (Lipinski definition) is 2. The van der Waals surface area contributed by atoms with Crippen molar-refractivity contribution >= 4 is 5.97 Å². The van der Waals surface area contributed by atoms with Crippen LogP contribution in [-0.2, 0) is 6.42 Å². The van der Waals surface area contributed by atoms with E-state index in [1.165, 1.54) is 5.56 Å². The molecule has 0 bridgehead atoms. The lowest BCUT2D eigenvalue weighted by Gasteiger charge is -2.06. The van der Waals surface area contributed by atoms with Crippen LogP contribution < -0.4 is 0 Å². The van der Waals surface area contributed by atoms with Crippen LogP contribution in [0.2, 0.25) is 0 Å². The predicted octanol–water partition coefficient (Wildman–Crippen LogP) is 4.03. The highest BCUT2D eigenvalue weighted by Crippen LogP contribution is 2.24. The quantitative estimate of drug-likeness (QED) is 0.903. The third-order valence-electron chi connectivity index (χ3n) is 3.36. The second-order valence-electron chi connectivity index (χ2n) is 6.07. The van der Waals surface area contributed by atoms with Gasteiger partial charge in [0.05, 0.1) is 0 Å². The molecule has 21 heavy (non-hydrogen) atoms. The third kappa shape index (κ3) is 3.51. The van der Waals surface area contributed by atoms with E-state index in [9.17, 15) is 9.90 Å². The van der Waals surface area contributed by atoms with Crippen LogP contribution in [0.1, 0.15) is 49.7 Å². The molecule has 0 atom stereocenters. The first-order valence-corrected chi connectivity index (χ1v) is 7.30. The van der Waals surface area contributed by atoms with Gasteiger partial charge in [0.15, 0.2) is 0 Å². The van der Waals surface area contributed by atoms with Crippen molar-refractivity contribution in [1.82, 2.24) is 9.78 Å². The zero-order valence-electron chi connectivity index (χ0n) is 13.0. The molecule has 0 saturated carbocycles. The molecule has 0 saturated heterocycles. The summed E-state index contributed by atoms with van der Waals surface area (Å²) in [5, 5.41) is 13.8. The van der Waals surface area contributed by atoms with E-state index in [1.807, 2.05) is 26.0 Å². The maximum Gasteiger partial charge on any atom is 0.339 e. The van der Waals surface area contributed by atoms with Crippen LogP contribution in [0.15, 0.2) is 30.5 Å². The van der Waals surface area contributed by atoms with Crippen molar-refractivity contribution < 1.29 is 9.90 Å². The van der Waals surface area contributed by atoms with Crippen LogP contribution in [0.25, 0.3) is 11.3 Å². The molecule has 0 aliphatic rings. The lowest BCUT2D eigenvalue weighted by atomic mass is 10.00. The van der Waals surface area contributed by atoms with Gasteiger partial charge in [0, 0.05) is 17.8 Å². The number of nitrogens with zero attached hydrogens (tertiary/aromatic N) is 2. The number of aromatic carboxylic acids is 1. The summed E-state index contributed by atoms with van der Waals surface area (Å²) >= 11 is 0. The van der Waals surface area contributed by atoms with Crippen LogP contribution in [0.4, 0.5) is 0 Å². The van der Waals surface area contributed by atoms with E-state index in [2.05, 4.69) is 31.1 Å². The molecule has 0 amide bonds. The lowest BCUT2D eigenvalue weighted by Crippen LogP contribution is -2.00. The predicted molar refractivity (Wildman–Crippen MR) is 83.5 cm³/mol. The average molecular weight is 286 g/mol. The fraction of sp³-hybridized carbons (Fsp3) is 0.412. The Bertz CT molecular complexity index is 625. The maximum absolute atomic E-state index is 11.4. The standard InChI is InChI=1S/C17H22N2O2/c1-11(2)9-13-5-7-14(8-6-13)16-15(17(20)21)10-19(18-16)12(3)4/h5-8,10-12H,9H2,1-4H3,(H,20,21). The van der Waals surface area contributed by atoms with E-state index in [4.69, 9.17) is 0 Å². The highest BCUT2D eigenvalue weighted by molar-refractivity contribution is 5.94. The van der Waals surface area contributed by atoms with Gasteiger partial charge in [-0.05, 0) is 31.7 Å². The normalized spacial score (nSPS) is 11.3. The van der Waals surface area contributed by atoms with Crippen LogP contribution >= 0.6 is 0 Å². The van der Waals surface area contributed by atoms with Gasteiger partial charge < -0.3 is 5.11 Å². The molecule has 0 aliphatic carbocycles. The van der Waals surface area contributed by atoms with Crippen molar-refractivity contribution in [3.05, 3.63) is 41.6 Å². The molecule has 1 N–H and O–H groups in total. The molecule has 1 aromatic heterocycles. The Kier molecular flexibility index (Phi) is 4.46. The van der Waals surface area contributed by atoms with Crippen molar-refractivity contribution in [2.75, 3.05) is 0 Å². The Balaban J connectivity index is 2.38. The van der Waals surface area contributed by atoms with Crippen LogP contribution in [0.3, 0.4) is 0 Å². The van der Waals surface area contributed by atoms with Gasteiger partial charge in [-0.25, -0.2) is 4.79 Å². The second-order valence-corrected chi connectivity index (χ2v) is 6.07. The molecule has 0 unspecified atom stereocenters. The van der Waals surface area contributed by atoms with Gasteiger partial charge in [0.1, 0.15) is 11.3 Å². The smallest absolute Gasteiger partial charge is 0.339 e. The number of aromatic nitrogens is 2. The number of carbonyl (C=O) groups is 1. The molecule has 0 radical (unpaired) electrons. The van der Waals surface area contributed by atoms with E-state index < -0.39 is 5.97 Å². The minimum absolute atomic E-state index is 0.136. The Morgan fingerprint density at radius 3 is 2.29 bits per heavy atom. The number of hydrogen-bond donors (Lipinski definition) is 1. The van der Waals surface area contributed by atoms with Crippen LogP contribution in [0, 0.1) is 5.92 Å². The van der Waals surface area contributed by atoms with Crippen molar-refractivity contribution in [3.8, 4) is 11.3 Å². The molecule has 0 spiro atoms. The molecule has 4 nitrogen and oxygen atoms in total. The summed E-state index contributed by atoms with van der Waals surface area (Å²) in [6.07, 6.45) is 2.62. The highest BCUT2D eigenvalue weighted by atomic mass is 16.4. The molecular weight excluding hydrogens is 264 g/mol. The first kappa shape index (κ1) is 15.3. The Morgan fingerprint density at radius 1 is 1.19 bits per heavy atom. The van der Waals surface area contributed by atoms with E-state index in [0.29, 0.717) is 11.6 Å². The molecule has 0 fully saturated rings. The molecule has 2 aromatic rings. The zero-order chi connectivity index (χ0) is 15.6. The van der Waals surface area contributed by atoms with Gasteiger partial charge in [-0.3, -0.25) is 4.68 Å². The Morgan fingerprint density at radius 2 is 1.81 bits per heavy atom. The number of rotatable bonds is 5. The Labute approximate surface area is 125 Å². The summed E-state index contributed by atoms with van der Waals surface area (Å²) in [6.45, 7) is 8.32. The third-order valence-corrected chi connectivity index (χ3v) is 3.36. The summed E-state index contributed by atoms with van der Waals surface area (Å²) in [6, 6.07) is 8.15. The van der Waals surface area contributed by atoms with Crippen molar-refractivity contribution in [1.29, 1.82) is 0 Å². The summed E-state index contributed by atoms with van der Waals surface area (Å²) < 4.78 is 1.70. The fourth-order valence-corrected chi connectivity index (χ4v) is 2.30. The van der Waals surface area contributed by atoms with Gasteiger partial charge in [0.2, 0.25) is 0 Å². The first-order chi connectivity index (χ1) is 9.88. The highest BCUT2D eigenvalue weighted by Gasteiger charge is 2.18. The lowest BCUT2D eigenvalue weighted by molar-refractivity contribution is 0.0697. The van der Waals surface area contributed by atoms with E-state index in [-0.39, 0.29) is 11.6 Å². The van der Waals surface area contributed by atoms with Crippen LogP contribution in [-0.4, -0.2) is 20.9 Å².